The number of nitrogens with zero attached hydrogens (tertiary/aromatic N) is 3. The van der Waals surface area contributed by atoms with Crippen LogP contribution in [-0.2, 0) is 16.6 Å². The molecule has 0 bridgehead atoms. The molecule has 7 heteroatoms. The average molecular weight is 289 g/mol. The van der Waals surface area contributed by atoms with Crippen molar-refractivity contribution in [1.82, 2.24) is 20.1 Å². The second kappa shape index (κ2) is 5.42. The summed E-state index contributed by atoms with van der Waals surface area (Å²) in [7, 11) is 3.69. The van der Waals surface area contributed by atoms with Crippen LogP contribution in [-0.4, -0.2) is 47.0 Å². The number of carbonyl (C=O) groups excluding carboxylic acids is 1. The van der Waals surface area contributed by atoms with Crippen LogP contribution >= 0.6 is 0 Å². The quantitative estimate of drug-likeness (QED) is 0.857. The highest BCUT2D eigenvalue weighted by Gasteiger charge is 2.33. The van der Waals surface area contributed by atoms with Crippen molar-refractivity contribution in [3.8, 4) is 0 Å². The summed E-state index contributed by atoms with van der Waals surface area (Å²) in [5.41, 5.74) is 2.39. The highest BCUT2D eigenvalue weighted by atomic mass is 16.5. The van der Waals surface area contributed by atoms with Crippen LogP contribution in [0, 0.1) is 12.8 Å². The summed E-state index contributed by atoms with van der Waals surface area (Å²) in [6.07, 6.45) is 1.66. The van der Waals surface area contributed by atoms with Gasteiger partial charge in [0.05, 0.1) is 36.7 Å². The van der Waals surface area contributed by atoms with Gasteiger partial charge in [-0.3, -0.25) is 9.48 Å². The molecule has 0 aromatic carbocycles. The van der Waals surface area contributed by atoms with Crippen LogP contribution in [0.3, 0.4) is 0 Å². The lowest BCUT2D eigenvalue weighted by atomic mass is 10.0. The third-order valence-corrected chi connectivity index (χ3v) is 3.92. The molecule has 0 aliphatic carbocycles. The number of carbonyl (C=O) groups is 1. The molecule has 2 aromatic heterocycles. The normalized spacial score (nSPS) is 21.9. The predicted octanol–water partition coefficient (Wildman–Crippen LogP) is 0.450. The fraction of sp³-hybridized carbons (Fsp3) is 0.500. The highest BCUT2D eigenvalue weighted by Crippen LogP contribution is 2.21. The van der Waals surface area contributed by atoms with Crippen LogP contribution in [0.5, 0.6) is 0 Å². The van der Waals surface area contributed by atoms with Gasteiger partial charge >= 0.3 is 0 Å². The van der Waals surface area contributed by atoms with Gasteiger partial charge in [0.15, 0.2) is 5.65 Å². The van der Waals surface area contributed by atoms with Gasteiger partial charge in [-0.15, -0.1) is 0 Å². The standard InChI is InChI=1S/C14H19N5O2/c1-8-10-4-9(5-16-13(10)19(3)18-8)17-14(20)11-6-21-7-12(11)15-2/h4-5,11-12,15H,6-7H2,1-3H3,(H,17,20). The van der Waals surface area contributed by atoms with Crippen molar-refractivity contribution < 1.29 is 9.53 Å². The van der Waals surface area contributed by atoms with Crippen LogP contribution in [0.25, 0.3) is 11.0 Å². The van der Waals surface area contributed by atoms with Gasteiger partial charge in [-0.1, -0.05) is 0 Å². The molecule has 7 nitrogen and oxygen atoms in total. The summed E-state index contributed by atoms with van der Waals surface area (Å²) in [6, 6.07) is 1.97. The molecule has 2 atom stereocenters. The van der Waals surface area contributed by atoms with Crippen LogP contribution in [0.2, 0.25) is 0 Å². The van der Waals surface area contributed by atoms with E-state index in [1.807, 2.05) is 27.1 Å². The molecule has 0 spiro atoms. The topological polar surface area (TPSA) is 81.1 Å². The van der Waals surface area contributed by atoms with Crippen molar-refractivity contribution >= 4 is 22.6 Å². The van der Waals surface area contributed by atoms with Crippen LogP contribution in [0.15, 0.2) is 12.3 Å². The molecule has 2 aromatic rings. The summed E-state index contributed by atoms with van der Waals surface area (Å²) in [5.74, 6) is -0.227. The SMILES string of the molecule is CNC1COCC1C(=O)Nc1cnc2c(c1)c(C)nn2C. The van der Waals surface area contributed by atoms with E-state index in [1.54, 1.807) is 10.9 Å². The molecule has 2 unspecified atom stereocenters. The third-order valence-electron chi connectivity index (χ3n) is 3.92. The molecule has 3 heterocycles. The van der Waals surface area contributed by atoms with Crippen LogP contribution in [0.4, 0.5) is 5.69 Å². The van der Waals surface area contributed by atoms with E-state index in [2.05, 4.69) is 20.7 Å². The summed E-state index contributed by atoms with van der Waals surface area (Å²) in [5, 5.41) is 11.3. The fourth-order valence-corrected chi connectivity index (χ4v) is 2.71. The van der Waals surface area contributed by atoms with Gasteiger partial charge < -0.3 is 15.4 Å². The minimum atomic E-state index is -0.180. The molecule has 112 valence electrons. The van der Waals surface area contributed by atoms with Crippen LogP contribution in [0.1, 0.15) is 5.69 Å². The van der Waals surface area contributed by atoms with E-state index in [1.165, 1.54) is 0 Å². The second-order valence-electron chi connectivity index (χ2n) is 5.33. The molecular weight excluding hydrogens is 270 g/mol. The van der Waals surface area contributed by atoms with Gasteiger partial charge in [0.1, 0.15) is 0 Å². The Balaban J connectivity index is 1.81. The number of amides is 1. The van der Waals surface area contributed by atoms with E-state index in [0.717, 1.165) is 16.7 Å². The Hall–Kier alpha value is -1.99. The van der Waals surface area contributed by atoms with Crippen LogP contribution < -0.4 is 10.6 Å². The highest BCUT2D eigenvalue weighted by molar-refractivity contribution is 5.95. The van der Waals surface area contributed by atoms with Crippen molar-refractivity contribution in [2.75, 3.05) is 25.6 Å². The number of aromatic nitrogens is 3. The van der Waals surface area contributed by atoms with E-state index in [-0.39, 0.29) is 17.9 Å². The number of aryl methyl sites for hydroxylation is 2. The van der Waals surface area contributed by atoms with Crippen molar-refractivity contribution in [1.29, 1.82) is 0 Å². The molecule has 1 saturated heterocycles. The van der Waals surface area contributed by atoms with Crippen molar-refractivity contribution in [3.05, 3.63) is 18.0 Å². The molecule has 0 radical (unpaired) electrons. The summed E-state index contributed by atoms with van der Waals surface area (Å²) in [6.45, 7) is 2.93. The Kier molecular flexibility index (Phi) is 3.60. The first-order valence-corrected chi connectivity index (χ1v) is 6.95. The molecule has 0 saturated carbocycles. The molecule has 1 amide bonds. The Bertz CT molecular complexity index is 681. The monoisotopic (exact) mass is 289 g/mol. The number of rotatable bonds is 3. The summed E-state index contributed by atoms with van der Waals surface area (Å²) >= 11 is 0. The predicted molar refractivity (Wildman–Crippen MR) is 79.0 cm³/mol. The van der Waals surface area contributed by atoms with Gasteiger partial charge in [-0.05, 0) is 20.0 Å². The molecule has 1 aliphatic rings. The van der Waals surface area contributed by atoms with E-state index < -0.39 is 0 Å². The lowest BCUT2D eigenvalue weighted by Crippen LogP contribution is -2.39. The number of fused-ring (bicyclic) bond motifs is 1. The first kappa shape index (κ1) is 14.0. The summed E-state index contributed by atoms with van der Waals surface area (Å²) < 4.78 is 7.09. The van der Waals surface area contributed by atoms with E-state index in [4.69, 9.17) is 4.74 Å². The Labute approximate surface area is 122 Å². The molecule has 1 fully saturated rings. The third kappa shape index (κ3) is 2.50. The zero-order chi connectivity index (χ0) is 15.0. The zero-order valence-electron chi connectivity index (χ0n) is 12.4. The lowest BCUT2D eigenvalue weighted by Gasteiger charge is -2.16. The first-order valence-electron chi connectivity index (χ1n) is 6.95. The molecule has 21 heavy (non-hydrogen) atoms. The number of likely N-dealkylation sites (N-methyl/N-ethyl adjacent to an activating group) is 1. The Morgan fingerprint density at radius 1 is 1.48 bits per heavy atom. The minimum absolute atomic E-state index is 0.0467. The number of hydrogen-bond acceptors (Lipinski definition) is 5. The van der Waals surface area contributed by atoms with Crippen molar-refractivity contribution in [2.24, 2.45) is 13.0 Å². The van der Waals surface area contributed by atoms with E-state index >= 15 is 0 Å². The fourth-order valence-electron chi connectivity index (χ4n) is 2.71. The molecule has 3 rings (SSSR count). The number of pyridine rings is 1. The van der Waals surface area contributed by atoms with Crippen molar-refractivity contribution in [2.45, 2.75) is 13.0 Å². The average Bonchev–Trinajstić information content (AvgIpc) is 3.04. The maximum Gasteiger partial charge on any atom is 0.231 e. The maximum atomic E-state index is 12.3. The van der Waals surface area contributed by atoms with Crippen molar-refractivity contribution in [3.63, 3.8) is 0 Å². The number of ether oxygens (including phenoxy) is 1. The molecule has 2 N–H and O–H groups in total. The van der Waals surface area contributed by atoms with Gasteiger partial charge in [-0.2, -0.15) is 5.10 Å². The maximum absolute atomic E-state index is 12.3. The Morgan fingerprint density at radius 3 is 3.05 bits per heavy atom. The van der Waals surface area contributed by atoms with E-state index in [0.29, 0.717) is 18.9 Å². The first-order chi connectivity index (χ1) is 10.1. The zero-order valence-corrected chi connectivity index (χ0v) is 12.4. The lowest BCUT2D eigenvalue weighted by molar-refractivity contribution is -0.120. The number of hydrogen-bond donors (Lipinski definition) is 2. The van der Waals surface area contributed by atoms with Gasteiger partial charge in [0.2, 0.25) is 5.91 Å². The minimum Gasteiger partial charge on any atom is -0.379 e. The summed E-state index contributed by atoms with van der Waals surface area (Å²) in [4.78, 5) is 16.7. The van der Waals surface area contributed by atoms with Gasteiger partial charge in [0.25, 0.3) is 0 Å². The molecule has 1 aliphatic heterocycles. The Morgan fingerprint density at radius 2 is 2.29 bits per heavy atom. The smallest absolute Gasteiger partial charge is 0.231 e. The second-order valence-corrected chi connectivity index (χ2v) is 5.33. The molecular formula is C14H19N5O2. The van der Waals surface area contributed by atoms with E-state index in [9.17, 15) is 4.79 Å². The van der Waals surface area contributed by atoms with Gasteiger partial charge in [0, 0.05) is 18.5 Å². The largest absolute Gasteiger partial charge is 0.379 e. The van der Waals surface area contributed by atoms with Gasteiger partial charge in [-0.25, -0.2) is 4.98 Å². The number of anilines is 1. The number of nitrogens with one attached hydrogen (secondary N) is 2.